The fourth-order valence-electron chi connectivity index (χ4n) is 1.60. The molecule has 0 fully saturated rings. The smallest absolute Gasteiger partial charge is 0.270 e. The summed E-state index contributed by atoms with van der Waals surface area (Å²) in [6.45, 7) is 1.66. The summed E-state index contributed by atoms with van der Waals surface area (Å²) in [5.41, 5.74) is 0.575. The van der Waals surface area contributed by atoms with Gasteiger partial charge in [-0.15, -0.1) is 0 Å². The molecule has 9 heteroatoms. The average Bonchev–Trinajstić information content (AvgIpc) is 2.43. The first-order valence-corrected chi connectivity index (χ1v) is 6.38. The fraction of sp³-hybridized carbons (Fsp3) is 0.0833. The van der Waals surface area contributed by atoms with E-state index in [0.29, 0.717) is 5.56 Å². The number of hydrogen-bond acceptors (Lipinski definition) is 5. The summed E-state index contributed by atoms with van der Waals surface area (Å²) in [5.74, 6) is -0.588. The molecule has 2 aromatic rings. The fourth-order valence-corrected chi connectivity index (χ4v) is 2.01. The number of non-ortho nitro benzene ring substituents is 1. The van der Waals surface area contributed by atoms with Crippen LogP contribution >= 0.6 is 23.2 Å². The Morgan fingerprint density at radius 1 is 1.29 bits per heavy atom. The van der Waals surface area contributed by atoms with Gasteiger partial charge in [0.15, 0.2) is 10.3 Å². The zero-order valence-electron chi connectivity index (χ0n) is 10.6. The topological polar surface area (TPSA) is 98.0 Å². The van der Waals surface area contributed by atoms with E-state index in [2.05, 4.69) is 15.3 Å². The first-order chi connectivity index (χ1) is 9.90. The minimum Gasteiger partial charge on any atom is -0.317 e. The van der Waals surface area contributed by atoms with Crippen LogP contribution in [0.1, 0.15) is 15.9 Å². The van der Waals surface area contributed by atoms with E-state index in [0.717, 1.165) is 6.33 Å². The molecule has 0 bridgehead atoms. The lowest BCUT2D eigenvalue weighted by molar-refractivity contribution is -0.384. The molecular weight excluding hydrogens is 319 g/mol. The first-order valence-electron chi connectivity index (χ1n) is 5.62. The number of benzene rings is 1. The monoisotopic (exact) mass is 326 g/mol. The van der Waals surface area contributed by atoms with Crippen molar-refractivity contribution in [2.45, 2.75) is 6.92 Å². The van der Waals surface area contributed by atoms with Gasteiger partial charge in [-0.1, -0.05) is 29.3 Å². The molecule has 2 rings (SSSR count). The number of hydrogen-bond donors (Lipinski definition) is 1. The van der Waals surface area contributed by atoms with Crippen LogP contribution in [0.15, 0.2) is 24.5 Å². The second-order valence-electron chi connectivity index (χ2n) is 4.04. The molecule has 1 amide bonds. The predicted molar refractivity (Wildman–Crippen MR) is 77.8 cm³/mol. The van der Waals surface area contributed by atoms with E-state index in [4.69, 9.17) is 23.2 Å². The molecule has 0 aliphatic carbocycles. The van der Waals surface area contributed by atoms with Gasteiger partial charge in [0.1, 0.15) is 12.0 Å². The molecule has 1 N–H and O–H groups in total. The van der Waals surface area contributed by atoms with Crippen molar-refractivity contribution in [3.05, 3.63) is 56.1 Å². The first kappa shape index (κ1) is 15.1. The van der Waals surface area contributed by atoms with Crippen LogP contribution in [-0.2, 0) is 0 Å². The van der Waals surface area contributed by atoms with Crippen molar-refractivity contribution in [1.82, 2.24) is 9.97 Å². The molecule has 0 saturated heterocycles. The predicted octanol–water partition coefficient (Wildman–Crippen LogP) is 3.25. The van der Waals surface area contributed by atoms with Crippen LogP contribution in [0.4, 0.5) is 11.4 Å². The molecule has 108 valence electrons. The molecule has 0 aliphatic heterocycles. The van der Waals surface area contributed by atoms with Gasteiger partial charge < -0.3 is 5.32 Å². The van der Waals surface area contributed by atoms with Crippen molar-refractivity contribution in [3.63, 3.8) is 0 Å². The number of halogens is 2. The number of aryl methyl sites for hydroxylation is 1. The molecule has 21 heavy (non-hydrogen) atoms. The van der Waals surface area contributed by atoms with Gasteiger partial charge >= 0.3 is 0 Å². The molecule has 0 unspecified atom stereocenters. The van der Waals surface area contributed by atoms with Crippen LogP contribution in [-0.4, -0.2) is 20.8 Å². The van der Waals surface area contributed by atoms with Crippen molar-refractivity contribution >= 4 is 40.5 Å². The van der Waals surface area contributed by atoms with Gasteiger partial charge in [0.2, 0.25) is 0 Å². The number of carbonyl (C=O) groups is 1. The van der Waals surface area contributed by atoms with Crippen molar-refractivity contribution < 1.29 is 9.72 Å². The molecule has 0 radical (unpaired) electrons. The Balaban J connectivity index is 2.37. The third-order valence-corrected chi connectivity index (χ3v) is 3.24. The average molecular weight is 327 g/mol. The van der Waals surface area contributed by atoms with Crippen molar-refractivity contribution in [1.29, 1.82) is 0 Å². The van der Waals surface area contributed by atoms with Crippen LogP contribution in [0.5, 0.6) is 0 Å². The molecular formula is C12H8Cl2N4O3. The highest BCUT2D eigenvalue weighted by molar-refractivity contribution is 6.38. The SMILES string of the molecule is Cc1ccc([N+](=O)[O-])cc1C(=O)Nc1c(Cl)ncnc1Cl. The van der Waals surface area contributed by atoms with E-state index in [1.165, 1.54) is 18.2 Å². The molecule has 7 nitrogen and oxygen atoms in total. The summed E-state index contributed by atoms with van der Waals surface area (Å²) in [4.78, 5) is 29.8. The summed E-state index contributed by atoms with van der Waals surface area (Å²) in [7, 11) is 0. The zero-order valence-corrected chi connectivity index (χ0v) is 12.1. The Kier molecular flexibility index (Phi) is 4.35. The maximum absolute atomic E-state index is 12.2. The van der Waals surface area contributed by atoms with E-state index >= 15 is 0 Å². The number of rotatable bonds is 3. The lowest BCUT2D eigenvalue weighted by atomic mass is 10.1. The number of anilines is 1. The lowest BCUT2D eigenvalue weighted by Crippen LogP contribution is -2.15. The van der Waals surface area contributed by atoms with Crippen molar-refractivity contribution in [3.8, 4) is 0 Å². The number of nitro benzene ring substituents is 1. The van der Waals surface area contributed by atoms with Crippen LogP contribution in [0.2, 0.25) is 10.3 Å². The maximum atomic E-state index is 12.2. The highest BCUT2D eigenvalue weighted by atomic mass is 35.5. The Morgan fingerprint density at radius 2 is 1.90 bits per heavy atom. The second-order valence-corrected chi connectivity index (χ2v) is 4.76. The summed E-state index contributed by atoms with van der Waals surface area (Å²) in [6, 6.07) is 3.98. The Bertz CT molecular complexity index is 716. The van der Waals surface area contributed by atoms with E-state index in [9.17, 15) is 14.9 Å². The second kappa shape index (κ2) is 6.02. The number of nitro groups is 1. The van der Waals surface area contributed by atoms with Gasteiger partial charge in [-0.05, 0) is 12.5 Å². The lowest BCUT2D eigenvalue weighted by Gasteiger charge is -2.09. The Morgan fingerprint density at radius 3 is 2.48 bits per heavy atom. The standard InChI is InChI=1S/C12H8Cl2N4O3/c1-6-2-3-7(18(20)21)4-8(6)12(19)17-9-10(13)15-5-16-11(9)14/h2-5H,1H3,(H,17,19). The van der Waals surface area contributed by atoms with Crippen LogP contribution in [0.3, 0.4) is 0 Å². The highest BCUT2D eigenvalue weighted by Crippen LogP contribution is 2.27. The van der Waals surface area contributed by atoms with E-state index in [-0.39, 0.29) is 27.2 Å². The summed E-state index contributed by atoms with van der Waals surface area (Å²) >= 11 is 11.6. The molecule has 0 aliphatic rings. The number of nitrogens with zero attached hydrogens (tertiary/aromatic N) is 3. The molecule has 1 aromatic heterocycles. The third-order valence-electron chi connectivity index (χ3n) is 2.67. The van der Waals surface area contributed by atoms with Gasteiger partial charge in [-0.2, -0.15) is 0 Å². The molecule has 0 spiro atoms. The van der Waals surface area contributed by atoms with E-state index in [1.54, 1.807) is 6.92 Å². The zero-order chi connectivity index (χ0) is 15.6. The Labute approximate surface area is 129 Å². The van der Waals surface area contributed by atoms with Crippen LogP contribution in [0, 0.1) is 17.0 Å². The van der Waals surface area contributed by atoms with Crippen molar-refractivity contribution in [2.75, 3.05) is 5.32 Å². The van der Waals surface area contributed by atoms with E-state index in [1.807, 2.05) is 0 Å². The maximum Gasteiger partial charge on any atom is 0.270 e. The summed E-state index contributed by atoms with van der Waals surface area (Å²) in [5, 5.41) is 13.2. The van der Waals surface area contributed by atoms with Gasteiger partial charge in [0.05, 0.1) is 4.92 Å². The van der Waals surface area contributed by atoms with Gasteiger partial charge in [-0.3, -0.25) is 14.9 Å². The minimum atomic E-state index is -0.588. The minimum absolute atomic E-state index is 0.0218. The van der Waals surface area contributed by atoms with Gasteiger partial charge in [0.25, 0.3) is 11.6 Å². The van der Waals surface area contributed by atoms with Crippen molar-refractivity contribution in [2.24, 2.45) is 0 Å². The molecule has 1 heterocycles. The number of amides is 1. The van der Waals surface area contributed by atoms with E-state index < -0.39 is 10.8 Å². The van der Waals surface area contributed by atoms with Gasteiger partial charge in [-0.25, -0.2) is 9.97 Å². The molecule has 0 saturated carbocycles. The molecule has 1 aromatic carbocycles. The van der Waals surface area contributed by atoms with Gasteiger partial charge in [0, 0.05) is 17.7 Å². The molecule has 0 atom stereocenters. The largest absolute Gasteiger partial charge is 0.317 e. The summed E-state index contributed by atoms with van der Waals surface area (Å²) in [6.07, 6.45) is 1.15. The Hall–Kier alpha value is -2.25. The number of nitrogens with one attached hydrogen (secondary N) is 1. The highest BCUT2D eigenvalue weighted by Gasteiger charge is 2.17. The quantitative estimate of drug-likeness (QED) is 0.530. The van der Waals surface area contributed by atoms with Crippen LogP contribution < -0.4 is 5.32 Å². The number of carbonyl (C=O) groups excluding carboxylic acids is 1. The third kappa shape index (κ3) is 3.26. The summed E-state index contributed by atoms with van der Waals surface area (Å²) < 4.78 is 0. The number of aromatic nitrogens is 2. The normalized spacial score (nSPS) is 10.2. The van der Waals surface area contributed by atoms with Crippen LogP contribution in [0.25, 0.3) is 0 Å².